The molecule has 2 aliphatic rings. The molecule has 2 saturated heterocycles. The van der Waals surface area contributed by atoms with E-state index in [2.05, 4.69) is 43.0 Å². The van der Waals surface area contributed by atoms with Crippen LogP contribution in [0.1, 0.15) is 43.3 Å². The fourth-order valence-corrected chi connectivity index (χ4v) is 5.04. The number of guanidine groups is 1. The van der Waals surface area contributed by atoms with E-state index in [0.29, 0.717) is 18.5 Å². The zero-order valence-corrected chi connectivity index (χ0v) is 22.9. The third kappa shape index (κ3) is 8.75. The summed E-state index contributed by atoms with van der Waals surface area (Å²) in [5.41, 5.74) is 1.23. The van der Waals surface area contributed by atoms with Crippen molar-refractivity contribution in [2.75, 3.05) is 53.4 Å². The highest BCUT2D eigenvalue weighted by molar-refractivity contribution is 14.0. The van der Waals surface area contributed by atoms with Crippen molar-refractivity contribution in [3.63, 3.8) is 0 Å². The van der Waals surface area contributed by atoms with Gasteiger partial charge in [-0.1, -0.05) is 6.92 Å². The second kappa shape index (κ2) is 14.3. The summed E-state index contributed by atoms with van der Waals surface area (Å²) in [6.45, 7) is 8.79. The number of carbonyl (C=O) groups excluding carboxylic acids is 1. The molecule has 0 atom stereocenters. The Morgan fingerprint density at radius 2 is 1.88 bits per heavy atom. The number of nitrogens with one attached hydrogen (secondary N) is 3. The van der Waals surface area contributed by atoms with Crippen LogP contribution in [-0.2, 0) is 17.8 Å². The number of aliphatic imine (C=N–C) groups is 1. The number of aryl methyl sites for hydroxylation is 1. The Bertz CT molecular complexity index is 713. The molecule has 3 heterocycles. The summed E-state index contributed by atoms with van der Waals surface area (Å²) in [5.74, 6) is 1.68. The molecule has 0 radical (unpaired) electrons. The maximum atomic E-state index is 11.5. The van der Waals surface area contributed by atoms with Gasteiger partial charge >= 0.3 is 0 Å². The topological polar surface area (TPSA) is 84.9 Å². The SMILES string of the molecule is CCc1nc(CN2CCC(CNC(=NC)NC3CCN(CC(=O)NC)CC3)CC2)cs1.I. The summed E-state index contributed by atoms with van der Waals surface area (Å²) in [7, 11) is 3.54. The Morgan fingerprint density at radius 3 is 2.47 bits per heavy atom. The summed E-state index contributed by atoms with van der Waals surface area (Å²) >= 11 is 1.78. The molecule has 2 fully saturated rings. The van der Waals surface area contributed by atoms with E-state index in [-0.39, 0.29) is 29.9 Å². The summed E-state index contributed by atoms with van der Waals surface area (Å²) < 4.78 is 0. The van der Waals surface area contributed by atoms with Gasteiger partial charge in [-0.15, -0.1) is 35.3 Å². The molecule has 1 amide bonds. The fourth-order valence-electron chi connectivity index (χ4n) is 4.31. The van der Waals surface area contributed by atoms with Crippen LogP contribution in [0, 0.1) is 5.92 Å². The molecule has 182 valence electrons. The van der Waals surface area contributed by atoms with Crippen LogP contribution in [0.2, 0.25) is 0 Å². The zero-order chi connectivity index (χ0) is 22.1. The minimum absolute atomic E-state index is 0. The van der Waals surface area contributed by atoms with Crippen LogP contribution >= 0.6 is 35.3 Å². The molecule has 0 aliphatic carbocycles. The number of carbonyl (C=O) groups is 1. The highest BCUT2D eigenvalue weighted by Crippen LogP contribution is 2.19. The Balaban J connectivity index is 0.00000363. The fraction of sp³-hybridized carbons (Fsp3) is 0.773. The van der Waals surface area contributed by atoms with Crippen molar-refractivity contribution in [2.24, 2.45) is 10.9 Å². The standard InChI is InChI=1S/C22H39N7OS.HI/c1-4-21-26-19(16-31-21)14-28-9-5-17(6-10-28)13-25-22(24-3)27-18-7-11-29(12-8-18)15-20(30)23-2;/h16-18H,4-15H2,1-3H3,(H,23,30)(H2,24,25,27);1H. The number of aromatic nitrogens is 1. The molecule has 32 heavy (non-hydrogen) atoms. The molecular weight excluding hydrogens is 537 g/mol. The molecule has 3 N–H and O–H groups in total. The molecule has 1 aromatic heterocycles. The van der Waals surface area contributed by atoms with E-state index in [9.17, 15) is 4.79 Å². The molecule has 2 aliphatic heterocycles. The summed E-state index contributed by atoms with van der Waals surface area (Å²) in [6, 6.07) is 0.417. The van der Waals surface area contributed by atoms with Gasteiger partial charge in [0.05, 0.1) is 17.2 Å². The van der Waals surface area contributed by atoms with Crippen LogP contribution in [0.5, 0.6) is 0 Å². The average molecular weight is 578 g/mol. The number of hydrogen-bond donors (Lipinski definition) is 3. The van der Waals surface area contributed by atoms with Crippen molar-refractivity contribution in [3.05, 3.63) is 16.1 Å². The Kier molecular flexibility index (Phi) is 12.2. The normalized spacial score (nSPS) is 19.4. The van der Waals surface area contributed by atoms with Gasteiger partial charge in [-0.3, -0.25) is 19.6 Å². The van der Waals surface area contributed by atoms with Crippen molar-refractivity contribution in [1.29, 1.82) is 0 Å². The molecule has 0 aromatic carbocycles. The minimum Gasteiger partial charge on any atom is -0.358 e. The molecule has 1 aromatic rings. The first kappa shape index (κ1) is 27.3. The van der Waals surface area contributed by atoms with Crippen molar-refractivity contribution in [3.8, 4) is 0 Å². The van der Waals surface area contributed by atoms with Crippen LogP contribution in [-0.4, -0.2) is 86.1 Å². The first-order chi connectivity index (χ1) is 15.1. The second-order valence-corrected chi connectivity index (χ2v) is 9.57. The number of rotatable bonds is 8. The molecule has 0 unspecified atom stereocenters. The lowest BCUT2D eigenvalue weighted by Crippen LogP contribution is -2.50. The molecular formula is C22H40IN7OS. The summed E-state index contributed by atoms with van der Waals surface area (Å²) in [6.07, 6.45) is 5.53. The summed E-state index contributed by atoms with van der Waals surface area (Å²) in [5, 5.41) is 13.3. The molecule has 0 spiro atoms. The van der Waals surface area contributed by atoms with Gasteiger partial charge in [0.2, 0.25) is 5.91 Å². The van der Waals surface area contributed by atoms with E-state index in [1.165, 1.54) is 23.5 Å². The number of thiazole rings is 1. The van der Waals surface area contributed by atoms with Gasteiger partial charge in [0.25, 0.3) is 0 Å². The molecule has 0 saturated carbocycles. The number of hydrogen-bond acceptors (Lipinski definition) is 6. The predicted molar refractivity (Wildman–Crippen MR) is 143 cm³/mol. The number of halogens is 1. The van der Waals surface area contributed by atoms with E-state index in [1.807, 2.05) is 7.05 Å². The number of likely N-dealkylation sites (N-methyl/N-ethyl adjacent to an activating group) is 1. The lowest BCUT2D eigenvalue weighted by molar-refractivity contribution is -0.122. The number of likely N-dealkylation sites (tertiary alicyclic amines) is 2. The van der Waals surface area contributed by atoms with Crippen molar-refractivity contribution in [2.45, 2.75) is 51.6 Å². The van der Waals surface area contributed by atoms with E-state index in [0.717, 1.165) is 64.5 Å². The van der Waals surface area contributed by atoms with E-state index in [4.69, 9.17) is 4.98 Å². The number of amides is 1. The van der Waals surface area contributed by atoms with E-state index in [1.54, 1.807) is 18.4 Å². The van der Waals surface area contributed by atoms with Crippen LogP contribution < -0.4 is 16.0 Å². The van der Waals surface area contributed by atoms with Gasteiger partial charge in [-0.25, -0.2) is 4.98 Å². The van der Waals surface area contributed by atoms with Crippen molar-refractivity contribution in [1.82, 2.24) is 30.7 Å². The lowest BCUT2D eigenvalue weighted by atomic mass is 9.97. The monoisotopic (exact) mass is 577 g/mol. The Hall–Kier alpha value is -0.980. The van der Waals surface area contributed by atoms with E-state index >= 15 is 0 Å². The first-order valence-electron chi connectivity index (χ1n) is 11.6. The average Bonchev–Trinajstić information content (AvgIpc) is 3.26. The van der Waals surface area contributed by atoms with Crippen LogP contribution in [0.25, 0.3) is 0 Å². The summed E-state index contributed by atoms with van der Waals surface area (Å²) in [4.78, 5) is 25.4. The Labute approximate surface area is 214 Å². The predicted octanol–water partition coefficient (Wildman–Crippen LogP) is 1.91. The van der Waals surface area contributed by atoms with Gasteiger partial charge in [0.1, 0.15) is 0 Å². The highest BCUT2D eigenvalue weighted by atomic mass is 127. The largest absolute Gasteiger partial charge is 0.358 e. The first-order valence-corrected chi connectivity index (χ1v) is 12.5. The van der Waals surface area contributed by atoms with Crippen LogP contribution in [0.15, 0.2) is 10.4 Å². The smallest absolute Gasteiger partial charge is 0.233 e. The zero-order valence-electron chi connectivity index (χ0n) is 19.7. The number of piperidine rings is 2. The minimum atomic E-state index is 0. The van der Waals surface area contributed by atoms with Gasteiger partial charge in [0, 0.05) is 51.7 Å². The van der Waals surface area contributed by atoms with Gasteiger partial charge in [-0.2, -0.15) is 0 Å². The second-order valence-electron chi connectivity index (χ2n) is 8.63. The van der Waals surface area contributed by atoms with Gasteiger partial charge < -0.3 is 16.0 Å². The Morgan fingerprint density at radius 1 is 1.19 bits per heavy atom. The maximum Gasteiger partial charge on any atom is 0.233 e. The highest BCUT2D eigenvalue weighted by Gasteiger charge is 2.23. The number of nitrogens with zero attached hydrogens (tertiary/aromatic N) is 4. The molecule has 10 heteroatoms. The van der Waals surface area contributed by atoms with Crippen molar-refractivity contribution >= 4 is 47.2 Å². The molecule has 3 rings (SSSR count). The quantitative estimate of drug-likeness (QED) is 0.249. The molecule has 0 bridgehead atoms. The van der Waals surface area contributed by atoms with E-state index < -0.39 is 0 Å². The molecule has 8 nitrogen and oxygen atoms in total. The maximum absolute atomic E-state index is 11.5. The lowest BCUT2D eigenvalue weighted by Gasteiger charge is -2.34. The van der Waals surface area contributed by atoms with Gasteiger partial charge in [-0.05, 0) is 51.1 Å². The third-order valence-electron chi connectivity index (χ3n) is 6.35. The van der Waals surface area contributed by atoms with Crippen LogP contribution in [0.3, 0.4) is 0 Å². The van der Waals surface area contributed by atoms with Crippen molar-refractivity contribution < 1.29 is 4.79 Å². The van der Waals surface area contributed by atoms with Gasteiger partial charge in [0.15, 0.2) is 5.96 Å². The van der Waals surface area contributed by atoms with Crippen LogP contribution in [0.4, 0.5) is 0 Å². The third-order valence-corrected chi connectivity index (χ3v) is 7.39.